The van der Waals surface area contributed by atoms with Crippen LogP contribution in [0.4, 0.5) is 17.3 Å². The summed E-state index contributed by atoms with van der Waals surface area (Å²) in [4.78, 5) is 8.91. The Balaban J connectivity index is 2.29. The first-order chi connectivity index (χ1) is 8.58. The highest BCUT2D eigenvalue weighted by molar-refractivity contribution is 7.99. The van der Waals surface area contributed by atoms with Crippen LogP contribution in [0.2, 0.25) is 0 Å². The molecule has 90 valence electrons. The molecule has 7 heteroatoms. The molecular weight excluding hydrogens is 248 g/mol. The highest BCUT2D eigenvalue weighted by Gasteiger charge is 2.05. The molecule has 18 heavy (non-hydrogen) atoms. The van der Waals surface area contributed by atoms with Crippen molar-refractivity contribution in [3.8, 4) is 6.07 Å². The third-order valence-corrected chi connectivity index (χ3v) is 2.95. The van der Waals surface area contributed by atoms with E-state index >= 15 is 0 Å². The number of aromatic nitrogens is 2. The van der Waals surface area contributed by atoms with Crippen molar-refractivity contribution in [3.63, 3.8) is 0 Å². The molecule has 2 rings (SSSR count). The lowest BCUT2D eigenvalue weighted by atomic mass is 10.2. The second-order valence-corrected chi connectivity index (χ2v) is 4.50. The summed E-state index contributed by atoms with van der Waals surface area (Å²) in [5, 5.41) is 9.22. The number of hydrogen-bond acceptors (Lipinski definition) is 7. The van der Waals surface area contributed by atoms with Gasteiger partial charge in [-0.15, -0.1) is 0 Å². The van der Waals surface area contributed by atoms with Crippen molar-refractivity contribution in [1.29, 1.82) is 5.26 Å². The van der Waals surface area contributed by atoms with E-state index in [1.807, 2.05) is 6.07 Å². The van der Waals surface area contributed by atoms with Crippen LogP contribution in [0.15, 0.2) is 34.3 Å². The maximum atomic E-state index is 8.78. The third kappa shape index (κ3) is 2.61. The first-order valence-corrected chi connectivity index (χ1v) is 5.77. The molecule has 0 atom stereocenters. The maximum Gasteiger partial charge on any atom is 0.196 e. The summed E-state index contributed by atoms with van der Waals surface area (Å²) in [7, 11) is 0. The molecule has 6 N–H and O–H groups in total. The molecule has 0 spiro atoms. The zero-order valence-electron chi connectivity index (χ0n) is 9.29. The van der Waals surface area contributed by atoms with Crippen molar-refractivity contribution in [1.82, 2.24) is 9.97 Å². The maximum absolute atomic E-state index is 8.78. The van der Waals surface area contributed by atoms with Crippen LogP contribution in [0.5, 0.6) is 0 Å². The Kier molecular flexibility index (Phi) is 3.21. The summed E-state index contributed by atoms with van der Waals surface area (Å²) in [6, 6.07) is 8.58. The van der Waals surface area contributed by atoms with E-state index in [0.717, 1.165) is 4.90 Å². The van der Waals surface area contributed by atoms with Crippen LogP contribution >= 0.6 is 11.8 Å². The van der Waals surface area contributed by atoms with Gasteiger partial charge in [0.1, 0.15) is 17.7 Å². The van der Waals surface area contributed by atoms with E-state index in [2.05, 4.69) is 9.97 Å². The van der Waals surface area contributed by atoms with Crippen molar-refractivity contribution in [2.75, 3.05) is 17.2 Å². The molecule has 0 amide bonds. The fraction of sp³-hybridized carbons (Fsp3) is 0. The lowest BCUT2D eigenvalue weighted by Gasteiger charge is -2.04. The monoisotopic (exact) mass is 258 g/mol. The predicted octanol–water partition coefficient (Wildman–Crippen LogP) is 1.25. The Morgan fingerprint density at radius 3 is 2.28 bits per heavy atom. The number of rotatable bonds is 2. The van der Waals surface area contributed by atoms with E-state index in [-0.39, 0.29) is 0 Å². The average Bonchev–Trinajstić information content (AvgIpc) is 2.27. The minimum Gasteiger partial charge on any atom is -0.398 e. The van der Waals surface area contributed by atoms with E-state index in [0.29, 0.717) is 28.0 Å². The molecule has 1 aromatic heterocycles. The Bertz CT molecular complexity index is 614. The highest BCUT2D eigenvalue weighted by atomic mass is 32.2. The molecule has 6 nitrogen and oxygen atoms in total. The smallest absolute Gasteiger partial charge is 0.196 e. The molecule has 1 heterocycles. The van der Waals surface area contributed by atoms with Crippen molar-refractivity contribution < 1.29 is 0 Å². The van der Waals surface area contributed by atoms with Crippen LogP contribution in [-0.4, -0.2) is 9.97 Å². The van der Waals surface area contributed by atoms with E-state index in [1.54, 1.807) is 18.2 Å². The minimum absolute atomic E-state index is 0.312. The Morgan fingerprint density at radius 1 is 1.06 bits per heavy atom. The van der Waals surface area contributed by atoms with Gasteiger partial charge < -0.3 is 17.2 Å². The zero-order valence-corrected chi connectivity index (χ0v) is 10.1. The van der Waals surface area contributed by atoms with Crippen LogP contribution in [0.3, 0.4) is 0 Å². The second kappa shape index (κ2) is 4.81. The van der Waals surface area contributed by atoms with Gasteiger partial charge in [0.25, 0.3) is 0 Å². The van der Waals surface area contributed by atoms with E-state index in [1.165, 1.54) is 17.8 Å². The number of nitrogen functional groups attached to an aromatic ring is 3. The zero-order chi connectivity index (χ0) is 13.1. The number of benzene rings is 1. The van der Waals surface area contributed by atoms with Gasteiger partial charge in [-0.2, -0.15) is 5.26 Å². The summed E-state index contributed by atoms with van der Waals surface area (Å²) >= 11 is 1.28. The SMILES string of the molecule is N#Cc1ccc(Sc2nc(N)cc(N)n2)cc1N. The normalized spacial score (nSPS) is 9.94. The molecule has 2 aromatic rings. The molecule has 0 saturated heterocycles. The van der Waals surface area contributed by atoms with Gasteiger partial charge in [-0.05, 0) is 30.0 Å². The van der Waals surface area contributed by atoms with Gasteiger partial charge >= 0.3 is 0 Å². The summed E-state index contributed by atoms with van der Waals surface area (Å²) in [6.45, 7) is 0. The largest absolute Gasteiger partial charge is 0.398 e. The van der Waals surface area contributed by atoms with Crippen molar-refractivity contribution in [3.05, 3.63) is 29.8 Å². The first-order valence-electron chi connectivity index (χ1n) is 4.96. The molecule has 0 fully saturated rings. The fourth-order valence-electron chi connectivity index (χ4n) is 1.32. The van der Waals surface area contributed by atoms with Crippen LogP contribution in [0, 0.1) is 11.3 Å². The van der Waals surface area contributed by atoms with Crippen LogP contribution in [0.1, 0.15) is 5.56 Å². The van der Waals surface area contributed by atoms with Crippen molar-refractivity contribution in [2.45, 2.75) is 10.1 Å². The Morgan fingerprint density at radius 2 is 1.72 bits per heavy atom. The number of nitrogens with zero attached hydrogens (tertiary/aromatic N) is 3. The predicted molar refractivity (Wildman–Crippen MR) is 70.5 cm³/mol. The molecule has 0 unspecified atom stereocenters. The molecule has 0 aliphatic rings. The number of anilines is 3. The molecule has 1 aromatic carbocycles. The topological polar surface area (TPSA) is 128 Å². The van der Waals surface area contributed by atoms with Crippen molar-refractivity contribution >= 4 is 29.1 Å². The number of nitriles is 1. The third-order valence-electron chi connectivity index (χ3n) is 2.10. The number of hydrogen-bond donors (Lipinski definition) is 3. The Labute approximate surface area is 108 Å². The highest BCUT2D eigenvalue weighted by Crippen LogP contribution is 2.28. The van der Waals surface area contributed by atoms with Gasteiger partial charge in [-0.1, -0.05) is 0 Å². The number of nitrogens with two attached hydrogens (primary N) is 3. The van der Waals surface area contributed by atoms with Gasteiger partial charge in [-0.25, -0.2) is 9.97 Å². The van der Waals surface area contributed by atoms with E-state index in [9.17, 15) is 0 Å². The first kappa shape index (κ1) is 12.0. The van der Waals surface area contributed by atoms with Crippen LogP contribution in [-0.2, 0) is 0 Å². The molecule has 0 aliphatic heterocycles. The van der Waals surface area contributed by atoms with E-state index in [4.69, 9.17) is 22.5 Å². The second-order valence-electron chi connectivity index (χ2n) is 3.46. The van der Waals surface area contributed by atoms with Crippen LogP contribution in [0.25, 0.3) is 0 Å². The fourth-order valence-corrected chi connectivity index (χ4v) is 2.15. The standard InChI is InChI=1S/C11H10N6S/c12-5-6-1-2-7(3-8(6)13)18-11-16-9(14)4-10(15)17-11/h1-4H,13H2,(H4,14,15,16,17). The average molecular weight is 258 g/mol. The molecular formula is C11H10N6S. The van der Waals surface area contributed by atoms with Gasteiger partial charge in [0, 0.05) is 11.0 Å². The van der Waals surface area contributed by atoms with Gasteiger partial charge in [0.2, 0.25) is 0 Å². The summed E-state index contributed by atoms with van der Waals surface area (Å²) < 4.78 is 0. The summed E-state index contributed by atoms with van der Waals surface area (Å²) in [5.41, 5.74) is 17.7. The summed E-state index contributed by atoms with van der Waals surface area (Å²) in [5.74, 6) is 0.623. The molecule has 0 aliphatic carbocycles. The lowest BCUT2D eigenvalue weighted by molar-refractivity contribution is 0.984. The van der Waals surface area contributed by atoms with Gasteiger partial charge in [0.05, 0.1) is 11.3 Å². The lowest BCUT2D eigenvalue weighted by Crippen LogP contribution is -1.99. The van der Waals surface area contributed by atoms with E-state index < -0.39 is 0 Å². The quantitative estimate of drug-likeness (QED) is 0.546. The minimum atomic E-state index is 0.312. The Hall–Kier alpha value is -2.46. The molecule has 0 bridgehead atoms. The van der Waals surface area contributed by atoms with Gasteiger partial charge in [-0.3, -0.25) is 0 Å². The van der Waals surface area contributed by atoms with Gasteiger partial charge in [0.15, 0.2) is 5.16 Å². The molecule has 0 radical (unpaired) electrons. The van der Waals surface area contributed by atoms with Crippen molar-refractivity contribution in [2.24, 2.45) is 0 Å². The van der Waals surface area contributed by atoms with Crippen LogP contribution < -0.4 is 17.2 Å². The summed E-state index contributed by atoms with van der Waals surface area (Å²) in [6.07, 6.45) is 0. The molecule has 0 saturated carbocycles.